The van der Waals surface area contributed by atoms with Gasteiger partial charge in [-0.3, -0.25) is 0 Å². The van der Waals surface area contributed by atoms with Crippen LogP contribution in [0.1, 0.15) is 18.2 Å². The summed E-state index contributed by atoms with van der Waals surface area (Å²) >= 11 is 0. The van der Waals surface area contributed by atoms with Gasteiger partial charge in [0, 0.05) is 23.9 Å². The summed E-state index contributed by atoms with van der Waals surface area (Å²) < 4.78 is 10.7. The fraction of sp³-hybridized carbons (Fsp3) is 0.333. The molecule has 0 spiro atoms. The largest absolute Gasteiger partial charge is 0.454 e. The molecule has 0 bridgehead atoms. The number of aryl methyl sites for hydroxylation is 1. The number of aromatic nitrogens is 2. The lowest BCUT2D eigenvalue weighted by Crippen LogP contribution is -2.04. The van der Waals surface area contributed by atoms with Crippen LogP contribution >= 0.6 is 0 Å². The molecule has 1 N–H and O–H groups in total. The van der Waals surface area contributed by atoms with Crippen molar-refractivity contribution in [1.82, 2.24) is 9.97 Å². The molecule has 0 atom stereocenters. The third-order valence-corrected chi connectivity index (χ3v) is 3.44. The van der Waals surface area contributed by atoms with Gasteiger partial charge < -0.3 is 14.8 Å². The maximum atomic E-state index is 5.40. The molecule has 0 saturated carbocycles. The predicted octanol–water partition coefficient (Wildman–Crippen LogP) is 2.78. The predicted molar refractivity (Wildman–Crippen MR) is 77.3 cm³/mol. The monoisotopic (exact) mass is 271 g/mol. The summed E-state index contributed by atoms with van der Waals surface area (Å²) in [5.74, 6) is 3.09. The molecule has 104 valence electrons. The summed E-state index contributed by atoms with van der Waals surface area (Å²) in [7, 11) is 1.88. The minimum absolute atomic E-state index is 0.273. The highest BCUT2D eigenvalue weighted by Crippen LogP contribution is 2.35. The SMILES string of the molecule is CCc1c(C)nc(-c2ccc3c(c2)OCO3)nc1NC. The lowest BCUT2D eigenvalue weighted by Gasteiger charge is -2.11. The molecule has 5 heteroatoms. The average molecular weight is 271 g/mol. The van der Waals surface area contributed by atoms with Crippen LogP contribution < -0.4 is 14.8 Å². The van der Waals surface area contributed by atoms with E-state index >= 15 is 0 Å². The van der Waals surface area contributed by atoms with Gasteiger partial charge in [-0.25, -0.2) is 9.97 Å². The molecule has 20 heavy (non-hydrogen) atoms. The van der Waals surface area contributed by atoms with Crippen LogP contribution in [0.2, 0.25) is 0 Å². The smallest absolute Gasteiger partial charge is 0.231 e. The number of benzene rings is 1. The molecule has 2 aromatic rings. The van der Waals surface area contributed by atoms with Crippen molar-refractivity contribution in [2.24, 2.45) is 0 Å². The highest BCUT2D eigenvalue weighted by molar-refractivity contribution is 5.64. The van der Waals surface area contributed by atoms with Gasteiger partial charge in [-0.2, -0.15) is 0 Å². The van der Waals surface area contributed by atoms with Crippen LogP contribution in [-0.2, 0) is 6.42 Å². The van der Waals surface area contributed by atoms with Crippen molar-refractivity contribution in [3.63, 3.8) is 0 Å². The number of nitrogens with zero attached hydrogens (tertiary/aromatic N) is 2. The van der Waals surface area contributed by atoms with Crippen LogP contribution in [0.15, 0.2) is 18.2 Å². The summed E-state index contributed by atoms with van der Waals surface area (Å²) in [6.45, 7) is 4.39. The first-order valence-electron chi connectivity index (χ1n) is 6.68. The fourth-order valence-electron chi connectivity index (χ4n) is 2.39. The second kappa shape index (κ2) is 5.00. The Morgan fingerprint density at radius 3 is 2.75 bits per heavy atom. The van der Waals surface area contributed by atoms with E-state index in [9.17, 15) is 0 Å². The Kier molecular flexibility index (Phi) is 3.18. The third kappa shape index (κ3) is 2.05. The van der Waals surface area contributed by atoms with Gasteiger partial charge in [0.15, 0.2) is 17.3 Å². The maximum absolute atomic E-state index is 5.40. The van der Waals surface area contributed by atoms with Gasteiger partial charge in [0.25, 0.3) is 0 Å². The summed E-state index contributed by atoms with van der Waals surface area (Å²) in [4.78, 5) is 9.20. The summed E-state index contributed by atoms with van der Waals surface area (Å²) in [5.41, 5.74) is 3.08. The van der Waals surface area contributed by atoms with Crippen LogP contribution in [0, 0.1) is 6.92 Å². The van der Waals surface area contributed by atoms with Gasteiger partial charge in [-0.15, -0.1) is 0 Å². The number of rotatable bonds is 3. The molecule has 1 aromatic carbocycles. The second-order valence-electron chi connectivity index (χ2n) is 4.63. The Morgan fingerprint density at radius 2 is 2.00 bits per heavy atom. The summed E-state index contributed by atoms with van der Waals surface area (Å²) in [5, 5.41) is 3.14. The molecule has 0 unspecified atom stereocenters. The Morgan fingerprint density at radius 1 is 1.20 bits per heavy atom. The number of nitrogens with one attached hydrogen (secondary N) is 1. The molecular formula is C15H17N3O2. The van der Waals surface area contributed by atoms with E-state index in [1.807, 2.05) is 32.2 Å². The minimum atomic E-state index is 0.273. The number of ether oxygens (including phenoxy) is 2. The molecule has 5 nitrogen and oxygen atoms in total. The lowest BCUT2D eigenvalue weighted by molar-refractivity contribution is 0.174. The van der Waals surface area contributed by atoms with E-state index in [1.165, 1.54) is 0 Å². The average Bonchev–Trinajstić information content (AvgIpc) is 2.93. The Bertz CT molecular complexity index is 656. The first-order chi connectivity index (χ1) is 9.72. The number of fused-ring (bicyclic) bond motifs is 1. The van der Waals surface area contributed by atoms with Gasteiger partial charge in [0.1, 0.15) is 5.82 Å². The van der Waals surface area contributed by atoms with Crippen LogP contribution in [-0.4, -0.2) is 23.8 Å². The highest BCUT2D eigenvalue weighted by atomic mass is 16.7. The van der Waals surface area contributed by atoms with Gasteiger partial charge in [0.05, 0.1) is 0 Å². The standard InChI is InChI=1S/C15H17N3O2/c1-4-11-9(2)17-14(18-15(11)16-3)10-5-6-12-13(7-10)20-8-19-12/h5-7H,4,8H2,1-3H3,(H,16,17,18). The molecule has 0 aliphatic carbocycles. The quantitative estimate of drug-likeness (QED) is 0.930. The first-order valence-corrected chi connectivity index (χ1v) is 6.68. The van der Waals surface area contributed by atoms with Crippen molar-refractivity contribution < 1.29 is 9.47 Å². The van der Waals surface area contributed by atoms with E-state index in [4.69, 9.17) is 9.47 Å². The molecule has 1 aliphatic rings. The van der Waals surface area contributed by atoms with E-state index in [2.05, 4.69) is 22.2 Å². The fourth-order valence-corrected chi connectivity index (χ4v) is 2.39. The second-order valence-corrected chi connectivity index (χ2v) is 4.63. The van der Waals surface area contributed by atoms with Crippen molar-refractivity contribution in [3.8, 4) is 22.9 Å². The lowest BCUT2D eigenvalue weighted by atomic mass is 10.1. The molecule has 1 aromatic heterocycles. The molecule has 3 rings (SSSR count). The van der Waals surface area contributed by atoms with Crippen molar-refractivity contribution in [2.75, 3.05) is 19.2 Å². The molecule has 2 heterocycles. The van der Waals surface area contributed by atoms with Crippen molar-refractivity contribution in [1.29, 1.82) is 0 Å². The van der Waals surface area contributed by atoms with Gasteiger partial charge in [0.2, 0.25) is 6.79 Å². The zero-order chi connectivity index (χ0) is 14.1. The van der Waals surface area contributed by atoms with E-state index in [0.29, 0.717) is 5.82 Å². The number of anilines is 1. The number of hydrogen-bond donors (Lipinski definition) is 1. The minimum Gasteiger partial charge on any atom is -0.454 e. The molecule has 0 amide bonds. The van der Waals surface area contributed by atoms with E-state index in [1.54, 1.807) is 0 Å². The maximum Gasteiger partial charge on any atom is 0.231 e. The van der Waals surface area contributed by atoms with Gasteiger partial charge in [-0.05, 0) is 31.5 Å². The molecule has 0 radical (unpaired) electrons. The Balaban J connectivity index is 2.08. The topological polar surface area (TPSA) is 56.3 Å². The highest BCUT2D eigenvalue weighted by Gasteiger charge is 2.16. The van der Waals surface area contributed by atoms with E-state index in [0.717, 1.165) is 40.6 Å². The third-order valence-electron chi connectivity index (χ3n) is 3.44. The van der Waals surface area contributed by atoms with Crippen LogP contribution in [0.4, 0.5) is 5.82 Å². The van der Waals surface area contributed by atoms with E-state index in [-0.39, 0.29) is 6.79 Å². The van der Waals surface area contributed by atoms with Crippen molar-refractivity contribution >= 4 is 5.82 Å². The molecule has 1 aliphatic heterocycles. The first kappa shape index (κ1) is 12.7. The van der Waals surface area contributed by atoms with Crippen LogP contribution in [0.25, 0.3) is 11.4 Å². The molecular weight excluding hydrogens is 254 g/mol. The zero-order valence-corrected chi connectivity index (χ0v) is 11.9. The molecule has 0 fully saturated rings. The summed E-state index contributed by atoms with van der Waals surface area (Å²) in [6.07, 6.45) is 0.906. The van der Waals surface area contributed by atoms with Crippen LogP contribution in [0.3, 0.4) is 0 Å². The van der Waals surface area contributed by atoms with Crippen LogP contribution in [0.5, 0.6) is 11.5 Å². The Labute approximate surface area is 118 Å². The van der Waals surface area contributed by atoms with Gasteiger partial charge in [-0.1, -0.05) is 6.92 Å². The summed E-state index contributed by atoms with van der Waals surface area (Å²) in [6, 6.07) is 5.76. The van der Waals surface area contributed by atoms with Crippen molar-refractivity contribution in [2.45, 2.75) is 20.3 Å². The Hall–Kier alpha value is -2.30. The zero-order valence-electron chi connectivity index (χ0n) is 11.9. The van der Waals surface area contributed by atoms with Gasteiger partial charge >= 0.3 is 0 Å². The van der Waals surface area contributed by atoms with Crippen molar-refractivity contribution in [3.05, 3.63) is 29.5 Å². The van der Waals surface area contributed by atoms with E-state index < -0.39 is 0 Å². The molecule has 0 saturated heterocycles. The number of hydrogen-bond acceptors (Lipinski definition) is 5. The normalized spacial score (nSPS) is 12.6.